The SMILES string of the molecule is O=C(Nc1cccc(CN2CCCC2)c1)C1CC2CC2C1. The van der Waals surface area contributed by atoms with Crippen molar-refractivity contribution in [2.24, 2.45) is 17.8 Å². The lowest BCUT2D eigenvalue weighted by Gasteiger charge is -2.16. The fourth-order valence-electron chi connectivity index (χ4n) is 4.12. The summed E-state index contributed by atoms with van der Waals surface area (Å²) in [6.45, 7) is 3.43. The summed E-state index contributed by atoms with van der Waals surface area (Å²) in [7, 11) is 0. The van der Waals surface area contributed by atoms with E-state index in [9.17, 15) is 4.79 Å². The molecule has 0 spiro atoms. The molecule has 4 rings (SSSR count). The summed E-state index contributed by atoms with van der Waals surface area (Å²) in [6, 6.07) is 8.39. The molecular weight excluding hydrogens is 260 g/mol. The van der Waals surface area contributed by atoms with Crippen molar-refractivity contribution in [1.82, 2.24) is 4.90 Å². The molecule has 3 nitrogen and oxygen atoms in total. The zero-order valence-corrected chi connectivity index (χ0v) is 12.6. The molecule has 112 valence electrons. The number of fused-ring (bicyclic) bond motifs is 1. The van der Waals surface area contributed by atoms with E-state index in [0.717, 1.165) is 36.9 Å². The molecule has 2 unspecified atom stereocenters. The average molecular weight is 284 g/mol. The van der Waals surface area contributed by atoms with Crippen LogP contribution in [0.2, 0.25) is 0 Å². The van der Waals surface area contributed by atoms with Crippen molar-refractivity contribution in [3.8, 4) is 0 Å². The van der Waals surface area contributed by atoms with Gasteiger partial charge in [0.25, 0.3) is 0 Å². The van der Waals surface area contributed by atoms with Crippen LogP contribution in [0.25, 0.3) is 0 Å². The molecule has 2 aliphatic carbocycles. The highest BCUT2D eigenvalue weighted by atomic mass is 16.1. The Kier molecular flexibility index (Phi) is 3.46. The molecule has 0 aromatic heterocycles. The minimum atomic E-state index is 0.237. The number of carbonyl (C=O) groups is 1. The minimum absolute atomic E-state index is 0.237. The smallest absolute Gasteiger partial charge is 0.227 e. The molecule has 1 aromatic rings. The second-order valence-electron chi connectivity index (χ2n) is 7.10. The van der Waals surface area contributed by atoms with Crippen molar-refractivity contribution in [3.05, 3.63) is 29.8 Å². The van der Waals surface area contributed by atoms with Gasteiger partial charge in [-0.05, 0) is 74.7 Å². The summed E-state index contributed by atoms with van der Waals surface area (Å²) in [4.78, 5) is 14.8. The fourth-order valence-corrected chi connectivity index (χ4v) is 4.12. The number of hydrogen-bond donors (Lipinski definition) is 1. The number of hydrogen-bond acceptors (Lipinski definition) is 2. The van der Waals surface area contributed by atoms with E-state index < -0.39 is 0 Å². The van der Waals surface area contributed by atoms with E-state index in [1.54, 1.807) is 0 Å². The molecule has 1 heterocycles. The maximum atomic E-state index is 12.3. The predicted octanol–water partition coefficient (Wildman–Crippen LogP) is 3.27. The van der Waals surface area contributed by atoms with Crippen molar-refractivity contribution in [1.29, 1.82) is 0 Å². The van der Waals surface area contributed by atoms with Crippen LogP contribution in [0.15, 0.2) is 24.3 Å². The first-order valence-corrected chi connectivity index (χ1v) is 8.40. The van der Waals surface area contributed by atoms with Gasteiger partial charge in [-0.25, -0.2) is 0 Å². The lowest BCUT2D eigenvalue weighted by molar-refractivity contribution is -0.120. The Hall–Kier alpha value is -1.35. The molecular formula is C18H24N2O. The molecule has 0 radical (unpaired) electrons. The van der Waals surface area contributed by atoms with Crippen molar-refractivity contribution in [2.45, 2.75) is 38.6 Å². The first kappa shape index (κ1) is 13.3. The van der Waals surface area contributed by atoms with E-state index in [4.69, 9.17) is 0 Å². The Morgan fingerprint density at radius 1 is 1.14 bits per heavy atom. The van der Waals surface area contributed by atoms with Crippen LogP contribution < -0.4 is 5.32 Å². The highest BCUT2D eigenvalue weighted by Gasteiger charge is 2.47. The van der Waals surface area contributed by atoms with Crippen LogP contribution in [0.1, 0.15) is 37.7 Å². The van der Waals surface area contributed by atoms with E-state index in [-0.39, 0.29) is 11.8 Å². The molecule has 3 heteroatoms. The second kappa shape index (κ2) is 5.45. The Balaban J connectivity index is 1.36. The van der Waals surface area contributed by atoms with Crippen LogP contribution in [0, 0.1) is 17.8 Å². The lowest BCUT2D eigenvalue weighted by Crippen LogP contribution is -2.22. The van der Waals surface area contributed by atoms with E-state index in [2.05, 4.69) is 28.4 Å². The predicted molar refractivity (Wildman–Crippen MR) is 83.9 cm³/mol. The van der Waals surface area contributed by atoms with Crippen LogP contribution in [-0.2, 0) is 11.3 Å². The molecule has 1 aromatic carbocycles. The van der Waals surface area contributed by atoms with Gasteiger partial charge in [0, 0.05) is 18.2 Å². The van der Waals surface area contributed by atoms with Crippen LogP contribution in [-0.4, -0.2) is 23.9 Å². The lowest BCUT2D eigenvalue weighted by atomic mass is 10.0. The number of anilines is 1. The number of amides is 1. The van der Waals surface area contributed by atoms with E-state index >= 15 is 0 Å². The molecule has 1 N–H and O–H groups in total. The molecule has 21 heavy (non-hydrogen) atoms. The summed E-state index contributed by atoms with van der Waals surface area (Å²) in [5.41, 5.74) is 2.28. The van der Waals surface area contributed by atoms with Gasteiger partial charge in [0.15, 0.2) is 0 Å². The van der Waals surface area contributed by atoms with Gasteiger partial charge in [-0.3, -0.25) is 9.69 Å². The Morgan fingerprint density at radius 2 is 1.90 bits per heavy atom. The summed E-state index contributed by atoms with van der Waals surface area (Å²) in [5.74, 6) is 2.22. The standard InChI is InChI=1S/C18H24N2O/c21-18(16-10-14-9-15(14)11-16)19-17-5-3-4-13(8-17)12-20-6-1-2-7-20/h3-5,8,14-16H,1-2,6-7,9-12H2,(H,19,21). The van der Waals surface area contributed by atoms with Gasteiger partial charge >= 0.3 is 0 Å². The number of rotatable bonds is 4. The van der Waals surface area contributed by atoms with Gasteiger partial charge in [-0.2, -0.15) is 0 Å². The van der Waals surface area contributed by atoms with Gasteiger partial charge < -0.3 is 5.32 Å². The van der Waals surface area contributed by atoms with Gasteiger partial charge in [-0.15, -0.1) is 0 Å². The molecule has 1 saturated heterocycles. The Bertz CT molecular complexity index is 526. The number of likely N-dealkylation sites (tertiary alicyclic amines) is 1. The van der Waals surface area contributed by atoms with Gasteiger partial charge in [-0.1, -0.05) is 12.1 Å². The third-order valence-corrected chi connectivity index (χ3v) is 5.41. The van der Waals surface area contributed by atoms with E-state index in [1.807, 2.05) is 6.07 Å². The minimum Gasteiger partial charge on any atom is -0.326 e. The summed E-state index contributed by atoms with van der Waals surface area (Å²) in [5, 5.41) is 3.13. The van der Waals surface area contributed by atoms with Crippen LogP contribution >= 0.6 is 0 Å². The maximum absolute atomic E-state index is 12.3. The van der Waals surface area contributed by atoms with Gasteiger partial charge in [0.05, 0.1) is 0 Å². The molecule has 1 amide bonds. The van der Waals surface area contributed by atoms with E-state index in [0.29, 0.717) is 0 Å². The molecule has 2 saturated carbocycles. The van der Waals surface area contributed by atoms with Crippen molar-refractivity contribution in [2.75, 3.05) is 18.4 Å². The van der Waals surface area contributed by atoms with Crippen LogP contribution in [0.3, 0.4) is 0 Å². The Morgan fingerprint density at radius 3 is 2.67 bits per heavy atom. The number of benzene rings is 1. The van der Waals surface area contributed by atoms with Crippen LogP contribution in [0.4, 0.5) is 5.69 Å². The highest BCUT2D eigenvalue weighted by molar-refractivity contribution is 5.92. The fraction of sp³-hybridized carbons (Fsp3) is 0.611. The zero-order valence-electron chi connectivity index (χ0n) is 12.6. The maximum Gasteiger partial charge on any atom is 0.227 e. The third kappa shape index (κ3) is 2.98. The summed E-state index contributed by atoms with van der Waals surface area (Å²) < 4.78 is 0. The highest BCUT2D eigenvalue weighted by Crippen LogP contribution is 2.54. The van der Waals surface area contributed by atoms with Crippen molar-refractivity contribution < 1.29 is 4.79 Å². The number of nitrogens with one attached hydrogen (secondary N) is 1. The largest absolute Gasteiger partial charge is 0.326 e. The average Bonchev–Trinajstić information content (AvgIpc) is 2.90. The third-order valence-electron chi connectivity index (χ3n) is 5.41. The summed E-state index contributed by atoms with van der Waals surface area (Å²) >= 11 is 0. The quantitative estimate of drug-likeness (QED) is 0.920. The van der Waals surface area contributed by atoms with Gasteiger partial charge in [0.2, 0.25) is 5.91 Å². The molecule has 0 bridgehead atoms. The monoisotopic (exact) mass is 284 g/mol. The first-order chi connectivity index (χ1) is 10.3. The molecule has 3 aliphatic rings. The first-order valence-electron chi connectivity index (χ1n) is 8.40. The Labute approximate surface area is 126 Å². The van der Waals surface area contributed by atoms with Gasteiger partial charge in [0.1, 0.15) is 0 Å². The normalized spacial score (nSPS) is 31.1. The van der Waals surface area contributed by atoms with Crippen molar-refractivity contribution in [3.63, 3.8) is 0 Å². The molecule has 2 atom stereocenters. The van der Waals surface area contributed by atoms with Crippen molar-refractivity contribution >= 4 is 11.6 Å². The topological polar surface area (TPSA) is 32.3 Å². The number of carbonyl (C=O) groups excluding carboxylic acids is 1. The molecule has 3 fully saturated rings. The summed E-state index contributed by atoms with van der Waals surface area (Å²) in [6.07, 6.45) is 6.24. The van der Waals surface area contributed by atoms with E-state index in [1.165, 1.54) is 37.9 Å². The van der Waals surface area contributed by atoms with Crippen LogP contribution in [0.5, 0.6) is 0 Å². The zero-order chi connectivity index (χ0) is 14.2. The number of nitrogens with zero attached hydrogens (tertiary/aromatic N) is 1. The molecule has 1 aliphatic heterocycles. The second-order valence-corrected chi connectivity index (χ2v) is 7.10.